The molecule has 0 saturated carbocycles. The molecule has 5 aromatic carbocycles. The minimum absolute atomic E-state index is 0.255. The number of fused-ring (bicyclic) bond motifs is 6. The lowest BCUT2D eigenvalue weighted by molar-refractivity contribution is 0.669. The summed E-state index contributed by atoms with van der Waals surface area (Å²) in [6, 6.07) is 39.2. The molecule has 0 fully saturated rings. The van der Waals surface area contributed by atoms with E-state index in [1.165, 1.54) is 38.9 Å². The van der Waals surface area contributed by atoms with E-state index in [-0.39, 0.29) is 5.92 Å². The van der Waals surface area contributed by atoms with Crippen LogP contribution in [0.15, 0.2) is 118 Å². The lowest BCUT2D eigenvalue weighted by Crippen LogP contribution is -1.99. The van der Waals surface area contributed by atoms with Crippen molar-refractivity contribution in [3.63, 3.8) is 0 Å². The highest BCUT2D eigenvalue weighted by atomic mass is 79.9. The van der Waals surface area contributed by atoms with E-state index in [9.17, 15) is 0 Å². The number of furan rings is 1. The molecule has 1 atom stereocenters. The topological polar surface area (TPSA) is 13.1 Å². The number of rotatable bonds is 2. The van der Waals surface area contributed by atoms with Crippen LogP contribution >= 0.6 is 15.9 Å². The summed E-state index contributed by atoms with van der Waals surface area (Å²) in [5, 5.41) is 2.27. The quantitative estimate of drug-likeness (QED) is 0.237. The van der Waals surface area contributed by atoms with Gasteiger partial charge >= 0.3 is 0 Å². The van der Waals surface area contributed by atoms with E-state index in [2.05, 4.69) is 113 Å². The molecular formula is C31H19BrO. The molecular weight excluding hydrogens is 468 g/mol. The number of hydrogen-bond donors (Lipinski definition) is 0. The summed E-state index contributed by atoms with van der Waals surface area (Å²) in [5.41, 5.74) is 11.0. The molecule has 0 amide bonds. The second-order valence-corrected chi connectivity index (χ2v) is 9.51. The first-order valence-corrected chi connectivity index (χ1v) is 12.0. The molecule has 0 saturated heterocycles. The smallest absolute Gasteiger partial charge is 0.136 e. The second-order valence-electron chi connectivity index (χ2n) is 8.66. The van der Waals surface area contributed by atoms with E-state index in [0.29, 0.717) is 0 Å². The van der Waals surface area contributed by atoms with Crippen molar-refractivity contribution in [1.82, 2.24) is 0 Å². The lowest BCUT2D eigenvalue weighted by atomic mass is 9.88. The van der Waals surface area contributed by atoms with E-state index in [1.54, 1.807) is 0 Å². The molecule has 6 aromatic rings. The van der Waals surface area contributed by atoms with E-state index >= 15 is 0 Å². The van der Waals surface area contributed by atoms with Crippen molar-refractivity contribution in [2.24, 2.45) is 0 Å². The van der Waals surface area contributed by atoms with Gasteiger partial charge in [-0.3, -0.25) is 0 Å². The van der Waals surface area contributed by atoms with Crippen LogP contribution in [0.25, 0.3) is 44.2 Å². The summed E-state index contributed by atoms with van der Waals surface area (Å²) >= 11 is 3.71. The summed E-state index contributed by atoms with van der Waals surface area (Å²) in [5.74, 6) is 0.255. The Kier molecular flexibility index (Phi) is 4.12. The zero-order chi connectivity index (χ0) is 21.9. The van der Waals surface area contributed by atoms with Gasteiger partial charge in [-0.2, -0.15) is 0 Å². The Bertz CT molecular complexity index is 1680. The SMILES string of the molecule is Brc1cccc2oc3ccc(-c4ccc5c(c4)C(c4ccccc4)c4ccccc4-5)cc3c12. The van der Waals surface area contributed by atoms with Gasteiger partial charge in [0.1, 0.15) is 11.2 Å². The Hall–Kier alpha value is -3.62. The minimum Gasteiger partial charge on any atom is -0.456 e. The van der Waals surface area contributed by atoms with E-state index in [1.807, 2.05) is 12.1 Å². The van der Waals surface area contributed by atoms with Gasteiger partial charge in [-0.25, -0.2) is 0 Å². The van der Waals surface area contributed by atoms with E-state index < -0.39 is 0 Å². The van der Waals surface area contributed by atoms with Crippen molar-refractivity contribution in [2.45, 2.75) is 5.92 Å². The van der Waals surface area contributed by atoms with Crippen LogP contribution in [0.5, 0.6) is 0 Å². The molecule has 1 heterocycles. The molecule has 0 spiro atoms. The van der Waals surface area contributed by atoms with Gasteiger partial charge in [0, 0.05) is 21.2 Å². The first-order valence-electron chi connectivity index (χ1n) is 11.2. The molecule has 33 heavy (non-hydrogen) atoms. The third-order valence-electron chi connectivity index (χ3n) is 6.83. The Morgan fingerprint density at radius 1 is 0.576 bits per heavy atom. The number of halogens is 1. The van der Waals surface area contributed by atoms with Crippen molar-refractivity contribution in [2.75, 3.05) is 0 Å². The second kappa shape index (κ2) is 7.19. The number of benzene rings is 5. The molecule has 0 radical (unpaired) electrons. The zero-order valence-corrected chi connectivity index (χ0v) is 19.3. The lowest BCUT2D eigenvalue weighted by Gasteiger charge is -2.15. The maximum Gasteiger partial charge on any atom is 0.136 e. The average molecular weight is 487 g/mol. The monoisotopic (exact) mass is 486 g/mol. The van der Waals surface area contributed by atoms with Crippen molar-refractivity contribution in [3.05, 3.63) is 130 Å². The van der Waals surface area contributed by atoms with Gasteiger partial charge in [-0.1, -0.05) is 94.8 Å². The maximum absolute atomic E-state index is 6.09. The average Bonchev–Trinajstić information content (AvgIpc) is 3.40. The van der Waals surface area contributed by atoms with Gasteiger partial charge in [0.15, 0.2) is 0 Å². The third-order valence-corrected chi connectivity index (χ3v) is 7.50. The zero-order valence-electron chi connectivity index (χ0n) is 17.8. The molecule has 0 bridgehead atoms. The Morgan fingerprint density at radius 3 is 2.24 bits per heavy atom. The van der Waals surface area contributed by atoms with Crippen molar-refractivity contribution in [1.29, 1.82) is 0 Å². The summed E-state index contributed by atoms with van der Waals surface area (Å²) < 4.78 is 7.14. The van der Waals surface area contributed by atoms with E-state index in [4.69, 9.17) is 4.42 Å². The van der Waals surface area contributed by atoms with Crippen LogP contribution in [0, 0.1) is 0 Å². The number of hydrogen-bond acceptors (Lipinski definition) is 1. The fourth-order valence-corrected chi connectivity index (χ4v) is 5.92. The first kappa shape index (κ1) is 18.9. The van der Waals surface area contributed by atoms with Crippen LogP contribution < -0.4 is 0 Å². The molecule has 2 heteroatoms. The molecule has 1 aromatic heterocycles. The maximum atomic E-state index is 6.09. The molecule has 1 aliphatic carbocycles. The van der Waals surface area contributed by atoms with Gasteiger partial charge in [0.2, 0.25) is 0 Å². The normalized spacial score (nSPS) is 14.5. The molecule has 0 N–H and O–H groups in total. The molecule has 7 rings (SSSR count). The van der Waals surface area contributed by atoms with Crippen LogP contribution in [0.1, 0.15) is 22.6 Å². The van der Waals surface area contributed by atoms with Crippen LogP contribution in [0.3, 0.4) is 0 Å². The standard InChI is InChI=1S/C31H19BrO/c32-27-11-6-12-29-31(27)26-18-21(14-16-28(26)33-29)20-13-15-23-22-9-4-5-10-24(22)30(25(23)17-20)19-7-2-1-3-8-19/h1-18,30H. The predicted molar refractivity (Wildman–Crippen MR) is 140 cm³/mol. The molecule has 1 nitrogen and oxygen atoms in total. The van der Waals surface area contributed by atoms with Crippen molar-refractivity contribution >= 4 is 37.9 Å². The van der Waals surface area contributed by atoms with Gasteiger partial charge in [0.05, 0.1) is 0 Å². The predicted octanol–water partition coefficient (Wildman–Crippen LogP) is 9.18. The van der Waals surface area contributed by atoms with Gasteiger partial charge in [0.25, 0.3) is 0 Å². The minimum atomic E-state index is 0.255. The highest BCUT2D eigenvalue weighted by Crippen LogP contribution is 2.49. The van der Waals surface area contributed by atoms with Crippen LogP contribution in [-0.2, 0) is 0 Å². The summed E-state index contributed by atoms with van der Waals surface area (Å²) in [4.78, 5) is 0. The Labute approximate surface area is 200 Å². The Morgan fingerprint density at radius 2 is 1.33 bits per heavy atom. The third kappa shape index (κ3) is 2.84. The van der Waals surface area contributed by atoms with Gasteiger partial charge in [-0.15, -0.1) is 0 Å². The molecule has 1 unspecified atom stereocenters. The summed E-state index contributed by atoms with van der Waals surface area (Å²) in [6.45, 7) is 0. The van der Waals surface area contributed by atoms with Crippen LogP contribution in [0.4, 0.5) is 0 Å². The first-order chi connectivity index (χ1) is 16.3. The van der Waals surface area contributed by atoms with Crippen molar-refractivity contribution in [3.8, 4) is 22.3 Å². The van der Waals surface area contributed by atoms with E-state index in [0.717, 1.165) is 26.4 Å². The molecule has 156 valence electrons. The fourth-order valence-electron chi connectivity index (χ4n) is 5.36. The molecule has 0 aliphatic heterocycles. The summed E-state index contributed by atoms with van der Waals surface area (Å²) in [6.07, 6.45) is 0. The highest BCUT2D eigenvalue weighted by Gasteiger charge is 2.29. The van der Waals surface area contributed by atoms with Crippen molar-refractivity contribution < 1.29 is 4.42 Å². The Balaban J connectivity index is 1.43. The van der Waals surface area contributed by atoms with Gasteiger partial charge < -0.3 is 4.42 Å². The largest absolute Gasteiger partial charge is 0.456 e. The fraction of sp³-hybridized carbons (Fsp3) is 0.0323. The summed E-state index contributed by atoms with van der Waals surface area (Å²) in [7, 11) is 0. The van der Waals surface area contributed by atoms with Gasteiger partial charge in [-0.05, 0) is 69.3 Å². The molecule has 1 aliphatic rings. The van der Waals surface area contributed by atoms with Crippen LogP contribution in [0.2, 0.25) is 0 Å². The van der Waals surface area contributed by atoms with Crippen LogP contribution in [-0.4, -0.2) is 0 Å². The highest BCUT2D eigenvalue weighted by molar-refractivity contribution is 9.10.